The summed E-state index contributed by atoms with van der Waals surface area (Å²) in [7, 11) is 0. The molecule has 6 heteroatoms. The molecule has 0 atom stereocenters. The molecule has 1 aromatic carbocycles. The van der Waals surface area contributed by atoms with E-state index in [-0.39, 0.29) is 0 Å². The van der Waals surface area contributed by atoms with E-state index in [1.165, 1.54) is 24.2 Å². The van der Waals surface area contributed by atoms with Crippen molar-refractivity contribution < 1.29 is 0 Å². The second-order valence-corrected chi connectivity index (χ2v) is 7.98. The molecule has 152 valence electrons. The first-order valence-corrected chi connectivity index (χ1v) is 11.7. The van der Waals surface area contributed by atoms with Gasteiger partial charge < -0.3 is 10.6 Å². The van der Waals surface area contributed by atoms with Gasteiger partial charge in [0, 0.05) is 58.9 Å². The van der Waals surface area contributed by atoms with Crippen LogP contribution in [-0.4, -0.2) is 80.1 Å². The van der Waals surface area contributed by atoms with Gasteiger partial charge in [-0.25, -0.2) is 0 Å². The van der Waals surface area contributed by atoms with Crippen molar-refractivity contribution in [1.82, 2.24) is 20.4 Å². The Labute approximate surface area is 170 Å². The van der Waals surface area contributed by atoms with E-state index in [9.17, 15) is 0 Å². The van der Waals surface area contributed by atoms with Crippen molar-refractivity contribution in [3.8, 4) is 0 Å². The predicted octanol–water partition coefficient (Wildman–Crippen LogP) is 2.50. The molecular weight excluding hydrogens is 354 g/mol. The van der Waals surface area contributed by atoms with Gasteiger partial charge in [-0.3, -0.25) is 14.8 Å². The van der Waals surface area contributed by atoms with Crippen LogP contribution in [0.25, 0.3) is 0 Å². The minimum atomic E-state index is 0.911. The van der Waals surface area contributed by atoms with Crippen LogP contribution in [0.5, 0.6) is 0 Å². The molecule has 0 radical (unpaired) electrons. The number of aliphatic imine (C=N–C) groups is 1. The lowest BCUT2D eigenvalue weighted by molar-refractivity contribution is 0.129. The number of unbranched alkanes of at least 4 members (excludes halogenated alkanes) is 1. The third-order valence-electron chi connectivity index (χ3n) is 4.81. The van der Waals surface area contributed by atoms with Crippen LogP contribution in [0.1, 0.15) is 25.3 Å². The summed E-state index contributed by atoms with van der Waals surface area (Å²) in [6.45, 7) is 11.6. The Morgan fingerprint density at radius 3 is 2.48 bits per heavy atom. The van der Waals surface area contributed by atoms with Crippen molar-refractivity contribution >= 4 is 17.7 Å². The van der Waals surface area contributed by atoms with Crippen LogP contribution in [0.4, 0.5) is 0 Å². The Kier molecular flexibility index (Phi) is 11.3. The highest BCUT2D eigenvalue weighted by atomic mass is 32.2. The van der Waals surface area contributed by atoms with Crippen molar-refractivity contribution in [2.75, 3.05) is 64.4 Å². The fourth-order valence-corrected chi connectivity index (χ4v) is 3.73. The first-order chi connectivity index (χ1) is 13.3. The van der Waals surface area contributed by atoms with Crippen LogP contribution in [-0.2, 0) is 6.54 Å². The van der Waals surface area contributed by atoms with Gasteiger partial charge in [-0.05, 0) is 37.3 Å². The van der Waals surface area contributed by atoms with E-state index in [1.807, 2.05) is 11.8 Å². The summed E-state index contributed by atoms with van der Waals surface area (Å²) in [5.74, 6) is 2.19. The SMILES string of the molecule is CCNC(=NCCCCSC)NCCN1CCN(Cc2ccccc2)CC1. The standard InChI is InChI=1S/C21H37N5S/c1-3-22-21(23-11-7-8-18-27-2)24-12-13-25-14-16-26(17-15-25)19-20-9-5-4-6-10-20/h4-6,9-10H,3,7-8,11-19H2,1-2H3,(H2,22,23,24). The fourth-order valence-electron chi connectivity index (χ4n) is 3.24. The minimum absolute atomic E-state index is 0.911. The molecule has 1 aliphatic heterocycles. The lowest BCUT2D eigenvalue weighted by Gasteiger charge is -2.34. The van der Waals surface area contributed by atoms with Gasteiger partial charge >= 0.3 is 0 Å². The van der Waals surface area contributed by atoms with Crippen LogP contribution in [0, 0.1) is 0 Å². The zero-order valence-corrected chi connectivity index (χ0v) is 17.9. The van der Waals surface area contributed by atoms with E-state index >= 15 is 0 Å². The fraction of sp³-hybridized carbons (Fsp3) is 0.667. The third-order valence-corrected chi connectivity index (χ3v) is 5.50. The van der Waals surface area contributed by atoms with E-state index in [1.54, 1.807) is 0 Å². The molecule has 1 fully saturated rings. The Hall–Kier alpha value is -1.24. The number of rotatable bonds is 11. The zero-order valence-electron chi connectivity index (χ0n) is 17.1. The molecule has 1 heterocycles. The number of thioether (sulfide) groups is 1. The van der Waals surface area contributed by atoms with E-state index < -0.39 is 0 Å². The second kappa shape index (κ2) is 13.9. The van der Waals surface area contributed by atoms with Crippen molar-refractivity contribution in [3.05, 3.63) is 35.9 Å². The van der Waals surface area contributed by atoms with E-state index in [2.05, 4.69) is 68.9 Å². The smallest absolute Gasteiger partial charge is 0.191 e. The van der Waals surface area contributed by atoms with Gasteiger partial charge in [0.05, 0.1) is 0 Å². The number of benzene rings is 1. The number of nitrogens with zero attached hydrogens (tertiary/aromatic N) is 3. The maximum Gasteiger partial charge on any atom is 0.191 e. The summed E-state index contributed by atoms with van der Waals surface area (Å²) in [6, 6.07) is 10.8. The second-order valence-electron chi connectivity index (χ2n) is 6.99. The summed E-state index contributed by atoms with van der Waals surface area (Å²) in [5, 5.41) is 6.84. The lowest BCUT2D eigenvalue weighted by atomic mass is 10.2. The molecule has 5 nitrogen and oxygen atoms in total. The van der Waals surface area contributed by atoms with Gasteiger partial charge in [-0.15, -0.1) is 0 Å². The van der Waals surface area contributed by atoms with Gasteiger partial charge in [-0.1, -0.05) is 30.3 Å². The quantitative estimate of drug-likeness (QED) is 0.345. The van der Waals surface area contributed by atoms with Gasteiger partial charge in [0.2, 0.25) is 0 Å². The molecule has 2 rings (SSSR count). The van der Waals surface area contributed by atoms with E-state index in [0.29, 0.717) is 0 Å². The van der Waals surface area contributed by atoms with Crippen LogP contribution in [0.3, 0.4) is 0 Å². The zero-order chi connectivity index (χ0) is 19.2. The Morgan fingerprint density at radius 1 is 1.04 bits per heavy atom. The number of piperazine rings is 1. The van der Waals surface area contributed by atoms with Crippen molar-refractivity contribution in [2.45, 2.75) is 26.3 Å². The molecular formula is C21H37N5S. The van der Waals surface area contributed by atoms with Crippen molar-refractivity contribution in [1.29, 1.82) is 0 Å². The molecule has 0 aliphatic carbocycles. The molecule has 0 amide bonds. The Morgan fingerprint density at radius 2 is 1.78 bits per heavy atom. The molecule has 2 N–H and O–H groups in total. The van der Waals surface area contributed by atoms with Crippen molar-refractivity contribution in [2.24, 2.45) is 4.99 Å². The lowest BCUT2D eigenvalue weighted by Crippen LogP contribution is -2.49. The summed E-state index contributed by atoms with van der Waals surface area (Å²) in [4.78, 5) is 9.79. The summed E-state index contributed by atoms with van der Waals surface area (Å²) in [5.41, 5.74) is 1.41. The highest BCUT2D eigenvalue weighted by Gasteiger charge is 2.16. The first-order valence-electron chi connectivity index (χ1n) is 10.3. The topological polar surface area (TPSA) is 42.9 Å². The molecule has 27 heavy (non-hydrogen) atoms. The molecule has 0 spiro atoms. The Balaban J connectivity index is 1.61. The summed E-state index contributed by atoms with van der Waals surface area (Å²) < 4.78 is 0. The molecule has 1 aromatic rings. The highest BCUT2D eigenvalue weighted by molar-refractivity contribution is 7.98. The number of hydrogen-bond acceptors (Lipinski definition) is 4. The van der Waals surface area contributed by atoms with Gasteiger partial charge in [-0.2, -0.15) is 11.8 Å². The maximum absolute atomic E-state index is 4.69. The van der Waals surface area contributed by atoms with E-state index in [4.69, 9.17) is 0 Å². The first kappa shape index (κ1) is 22.1. The molecule has 1 aliphatic rings. The summed E-state index contributed by atoms with van der Waals surface area (Å²) >= 11 is 1.91. The predicted molar refractivity (Wildman–Crippen MR) is 120 cm³/mol. The largest absolute Gasteiger partial charge is 0.357 e. The monoisotopic (exact) mass is 391 g/mol. The van der Waals surface area contributed by atoms with Crippen LogP contribution >= 0.6 is 11.8 Å². The molecule has 0 aromatic heterocycles. The molecule has 1 saturated heterocycles. The number of nitrogens with one attached hydrogen (secondary N) is 2. The highest BCUT2D eigenvalue weighted by Crippen LogP contribution is 2.08. The van der Waals surface area contributed by atoms with Crippen molar-refractivity contribution in [3.63, 3.8) is 0 Å². The van der Waals surface area contributed by atoms with Crippen LogP contribution < -0.4 is 10.6 Å². The van der Waals surface area contributed by atoms with Crippen LogP contribution in [0.2, 0.25) is 0 Å². The number of guanidine groups is 1. The third kappa shape index (κ3) is 9.49. The molecule has 0 bridgehead atoms. The average Bonchev–Trinajstić information content (AvgIpc) is 2.70. The average molecular weight is 392 g/mol. The molecule has 0 unspecified atom stereocenters. The van der Waals surface area contributed by atoms with Gasteiger partial charge in [0.25, 0.3) is 0 Å². The van der Waals surface area contributed by atoms with Crippen LogP contribution in [0.15, 0.2) is 35.3 Å². The van der Waals surface area contributed by atoms with E-state index in [0.717, 1.165) is 64.9 Å². The Bertz CT molecular complexity index is 515. The summed E-state index contributed by atoms with van der Waals surface area (Å²) in [6.07, 6.45) is 4.58. The number of hydrogen-bond donors (Lipinski definition) is 2. The maximum atomic E-state index is 4.69. The van der Waals surface area contributed by atoms with Gasteiger partial charge in [0.1, 0.15) is 0 Å². The molecule has 0 saturated carbocycles. The normalized spacial score (nSPS) is 16.4. The van der Waals surface area contributed by atoms with Gasteiger partial charge in [0.15, 0.2) is 5.96 Å². The minimum Gasteiger partial charge on any atom is -0.357 e.